The van der Waals surface area contributed by atoms with Gasteiger partial charge in [0.1, 0.15) is 5.82 Å². The number of nitrogens with zero attached hydrogens (tertiary/aromatic N) is 1. The lowest BCUT2D eigenvalue weighted by Crippen LogP contribution is -2.35. The van der Waals surface area contributed by atoms with Gasteiger partial charge >= 0.3 is 0 Å². The molecule has 29 heavy (non-hydrogen) atoms. The van der Waals surface area contributed by atoms with Crippen LogP contribution in [0.15, 0.2) is 47.4 Å². The van der Waals surface area contributed by atoms with Gasteiger partial charge in [-0.25, -0.2) is 4.31 Å². The first kappa shape index (κ1) is 23.3. The summed E-state index contributed by atoms with van der Waals surface area (Å²) in [7, 11) is 1.97. The summed E-state index contributed by atoms with van der Waals surface area (Å²) in [6.45, 7) is 5.76. The van der Waals surface area contributed by atoms with E-state index in [1.807, 2.05) is 58.2 Å². The molecule has 1 aromatic carbocycles. The minimum atomic E-state index is -0.719. The average molecular weight is 421 g/mol. The first-order valence-electron chi connectivity index (χ1n) is 9.68. The fourth-order valence-electron chi connectivity index (χ4n) is 2.97. The van der Waals surface area contributed by atoms with Crippen LogP contribution in [0, 0.1) is 6.92 Å². The van der Waals surface area contributed by atoms with Gasteiger partial charge in [-0.2, -0.15) is 0 Å². The summed E-state index contributed by atoms with van der Waals surface area (Å²) < 4.78 is 5.40. The van der Waals surface area contributed by atoms with Crippen LogP contribution in [-0.4, -0.2) is 46.2 Å². The van der Waals surface area contributed by atoms with Gasteiger partial charge in [-0.3, -0.25) is 4.79 Å². The quantitative estimate of drug-likeness (QED) is 0.201. The number of allylic oxidation sites excluding steroid dienone is 2. The first-order valence-corrected chi connectivity index (χ1v) is 10.5. The zero-order chi connectivity index (χ0) is 21.4. The number of hydrogen-bond donors (Lipinski definition) is 5. The Kier molecular flexibility index (Phi) is 8.58. The number of hydrogen-bond acceptors (Lipinski definition) is 7. The summed E-state index contributed by atoms with van der Waals surface area (Å²) in [5.74, 6) is 0.547. The maximum Gasteiger partial charge on any atom is 0.212 e. The Hall–Kier alpha value is -2.00. The van der Waals surface area contributed by atoms with Crippen molar-refractivity contribution in [2.45, 2.75) is 51.7 Å². The fraction of sp³-hybridized carbons (Fsp3) is 0.476. The second kappa shape index (κ2) is 10.7. The number of carbonyl (C=O) groups excluding carboxylic acids is 1. The van der Waals surface area contributed by atoms with Gasteiger partial charge in [0, 0.05) is 23.4 Å². The highest BCUT2D eigenvalue weighted by Gasteiger charge is 2.48. The van der Waals surface area contributed by atoms with E-state index in [2.05, 4.69) is 19.7 Å². The summed E-state index contributed by atoms with van der Waals surface area (Å²) in [5, 5.41) is 25.0. The van der Waals surface area contributed by atoms with Crippen molar-refractivity contribution in [2.24, 2.45) is 0 Å². The molecule has 0 heterocycles. The summed E-state index contributed by atoms with van der Waals surface area (Å²) >= 11 is 1.41. The van der Waals surface area contributed by atoms with Gasteiger partial charge < -0.3 is 25.6 Å². The van der Waals surface area contributed by atoms with E-state index >= 15 is 0 Å². The van der Waals surface area contributed by atoms with Crippen LogP contribution in [0.1, 0.15) is 38.7 Å². The predicted octanol–water partition coefficient (Wildman–Crippen LogP) is 2.65. The Labute approximate surface area is 177 Å². The van der Waals surface area contributed by atoms with Gasteiger partial charge in [0.2, 0.25) is 6.41 Å². The van der Waals surface area contributed by atoms with Crippen LogP contribution in [-0.2, 0) is 4.79 Å². The molecule has 0 radical (unpaired) electrons. The molecule has 0 aromatic heterocycles. The molecule has 2 rings (SSSR count). The smallest absolute Gasteiger partial charge is 0.212 e. The number of anilines is 1. The maximum absolute atomic E-state index is 11.2. The molecule has 160 valence electrons. The highest BCUT2D eigenvalue weighted by Crippen LogP contribution is 2.47. The molecule has 7 nitrogen and oxygen atoms in total. The van der Waals surface area contributed by atoms with Crippen LogP contribution in [0.25, 0.3) is 0 Å². The van der Waals surface area contributed by atoms with E-state index in [0.717, 1.165) is 35.4 Å². The van der Waals surface area contributed by atoms with E-state index in [9.17, 15) is 9.90 Å². The SMILES string of the molecule is CC(C)=C/C(NSN(C)C1(CC(O)CO)CC1)=C(\NC=O)Nc1ccc(C)cc1. The number of rotatable bonds is 12. The van der Waals surface area contributed by atoms with Gasteiger partial charge in [0.05, 0.1) is 18.4 Å². The van der Waals surface area contributed by atoms with Gasteiger partial charge in [-0.1, -0.05) is 23.3 Å². The number of nitrogens with one attached hydrogen (secondary N) is 3. The van der Waals surface area contributed by atoms with Gasteiger partial charge in [0.25, 0.3) is 0 Å². The second-order valence-electron chi connectivity index (χ2n) is 7.72. The first-order chi connectivity index (χ1) is 13.8. The van der Waals surface area contributed by atoms with Gasteiger partial charge in [-0.05, 0) is 65.3 Å². The molecule has 1 saturated carbocycles. The number of aliphatic hydroxyl groups excluding tert-OH is 2. The summed E-state index contributed by atoms with van der Waals surface area (Å²) in [4.78, 5) is 11.2. The molecule has 5 N–H and O–H groups in total. The van der Waals surface area contributed by atoms with Crippen LogP contribution in [0.3, 0.4) is 0 Å². The Morgan fingerprint density at radius 1 is 1.31 bits per heavy atom. The number of amides is 1. The minimum absolute atomic E-state index is 0.126. The Balaban J connectivity index is 2.17. The minimum Gasteiger partial charge on any atom is -0.394 e. The van der Waals surface area contributed by atoms with Crippen molar-refractivity contribution in [3.63, 3.8) is 0 Å². The van der Waals surface area contributed by atoms with Gasteiger partial charge in [-0.15, -0.1) is 0 Å². The highest BCUT2D eigenvalue weighted by molar-refractivity contribution is 7.95. The van der Waals surface area contributed by atoms with E-state index < -0.39 is 6.10 Å². The number of benzene rings is 1. The molecule has 1 fully saturated rings. The monoisotopic (exact) mass is 420 g/mol. The van der Waals surface area contributed by atoms with Crippen molar-refractivity contribution >= 4 is 24.2 Å². The molecule has 0 bridgehead atoms. The van der Waals surface area contributed by atoms with Gasteiger partial charge in [0.15, 0.2) is 0 Å². The van der Waals surface area contributed by atoms with E-state index in [4.69, 9.17) is 5.11 Å². The van der Waals surface area contributed by atoms with Crippen LogP contribution >= 0.6 is 12.1 Å². The van der Waals surface area contributed by atoms with Crippen molar-refractivity contribution in [3.8, 4) is 0 Å². The number of aliphatic hydroxyl groups is 2. The molecule has 1 aromatic rings. The van der Waals surface area contributed by atoms with E-state index in [1.54, 1.807) is 0 Å². The molecule has 0 spiro atoms. The molecule has 0 aliphatic heterocycles. The normalized spacial score (nSPS) is 16.5. The topological polar surface area (TPSA) is 96.9 Å². The molecular formula is C21H32N4O3S. The summed E-state index contributed by atoms with van der Waals surface area (Å²) in [5.41, 5.74) is 3.70. The molecule has 1 atom stereocenters. The van der Waals surface area contributed by atoms with Crippen LogP contribution in [0.4, 0.5) is 5.69 Å². The van der Waals surface area contributed by atoms with Crippen LogP contribution in [0.2, 0.25) is 0 Å². The molecule has 1 unspecified atom stereocenters. The molecule has 8 heteroatoms. The molecule has 1 aliphatic carbocycles. The third kappa shape index (κ3) is 7.08. The van der Waals surface area contributed by atoms with Crippen LogP contribution in [0.5, 0.6) is 0 Å². The maximum atomic E-state index is 11.2. The number of carbonyl (C=O) groups is 1. The zero-order valence-corrected chi connectivity index (χ0v) is 18.3. The fourth-order valence-corrected chi connectivity index (χ4v) is 3.82. The third-order valence-corrected chi connectivity index (χ3v) is 5.81. The Morgan fingerprint density at radius 2 is 1.97 bits per heavy atom. The lowest BCUT2D eigenvalue weighted by Gasteiger charge is -2.29. The summed E-state index contributed by atoms with van der Waals surface area (Å²) in [6.07, 6.45) is 4.35. The van der Waals surface area contributed by atoms with Crippen molar-refractivity contribution in [1.29, 1.82) is 0 Å². The van der Waals surface area contributed by atoms with Crippen molar-refractivity contribution < 1.29 is 15.0 Å². The standard InChI is InChI=1S/C21H32N4O3S/c1-15(2)11-19(20(22-14-27)23-17-7-5-16(3)6-8-17)24-29-25(4)21(9-10-21)12-18(28)13-26/h5-8,11,14,18,23-24,26,28H,9-10,12-13H2,1-4H3,(H,22,27)/b20-19-. The zero-order valence-electron chi connectivity index (χ0n) is 17.5. The largest absolute Gasteiger partial charge is 0.394 e. The van der Waals surface area contributed by atoms with Crippen molar-refractivity contribution in [1.82, 2.24) is 14.3 Å². The lowest BCUT2D eigenvalue weighted by molar-refractivity contribution is -0.108. The molecule has 1 amide bonds. The van der Waals surface area contributed by atoms with E-state index in [1.165, 1.54) is 12.1 Å². The van der Waals surface area contributed by atoms with Crippen molar-refractivity contribution in [3.05, 3.63) is 53.0 Å². The molecule has 0 saturated heterocycles. The molecule has 1 aliphatic rings. The van der Waals surface area contributed by atoms with E-state index in [-0.39, 0.29) is 12.1 Å². The Morgan fingerprint density at radius 3 is 2.48 bits per heavy atom. The summed E-state index contributed by atoms with van der Waals surface area (Å²) in [6, 6.07) is 7.91. The molecular weight excluding hydrogens is 388 g/mol. The lowest BCUT2D eigenvalue weighted by atomic mass is 10.1. The predicted molar refractivity (Wildman–Crippen MR) is 119 cm³/mol. The third-order valence-electron chi connectivity index (χ3n) is 4.84. The Bertz CT molecular complexity index is 741. The van der Waals surface area contributed by atoms with Crippen LogP contribution < -0.4 is 15.4 Å². The van der Waals surface area contributed by atoms with E-state index in [0.29, 0.717) is 18.7 Å². The number of aryl methyl sites for hydroxylation is 1. The second-order valence-corrected chi connectivity index (χ2v) is 8.65. The highest BCUT2D eigenvalue weighted by atomic mass is 32.2. The average Bonchev–Trinajstić information content (AvgIpc) is 3.46. The van der Waals surface area contributed by atoms with Crippen molar-refractivity contribution in [2.75, 3.05) is 19.0 Å².